The molecule has 0 amide bonds. The van der Waals surface area contributed by atoms with Crippen molar-refractivity contribution in [3.8, 4) is 22.4 Å². The van der Waals surface area contributed by atoms with Gasteiger partial charge in [0.1, 0.15) is 11.2 Å². The zero-order valence-corrected chi connectivity index (χ0v) is 22.9. The predicted octanol–water partition coefficient (Wildman–Crippen LogP) is 3.85. The maximum atomic E-state index is 5.08. The fourth-order valence-electron chi connectivity index (χ4n) is 4.61. The van der Waals surface area contributed by atoms with Crippen molar-refractivity contribution in [2.24, 2.45) is 0 Å². The molecule has 0 aliphatic rings. The van der Waals surface area contributed by atoms with Crippen LogP contribution in [-0.4, -0.2) is 14.4 Å². The SMILES string of the molecule is CC(C)(C)c1cc2c(nc3ccc(-c4cc[n+](Cc5ccccc5)cc4)cn32)c(-c2ccccc2)n1.[Br-]. The van der Waals surface area contributed by atoms with Gasteiger partial charge in [-0.1, -0.05) is 81.4 Å². The fourth-order valence-corrected chi connectivity index (χ4v) is 4.61. The highest BCUT2D eigenvalue weighted by atomic mass is 79.9. The molecule has 4 nitrogen and oxygen atoms in total. The molecule has 6 rings (SSSR count). The number of hydrogen-bond acceptors (Lipinski definition) is 2. The molecular weight excluding hydrogens is 520 g/mol. The molecule has 0 radical (unpaired) electrons. The third kappa shape index (κ3) is 4.92. The average Bonchev–Trinajstić information content (AvgIpc) is 3.27. The summed E-state index contributed by atoms with van der Waals surface area (Å²) in [5.41, 5.74) is 9.57. The smallest absolute Gasteiger partial charge is 0.173 e. The summed E-state index contributed by atoms with van der Waals surface area (Å²) in [5.74, 6) is 0. The van der Waals surface area contributed by atoms with Crippen LogP contribution in [-0.2, 0) is 12.0 Å². The van der Waals surface area contributed by atoms with Gasteiger partial charge in [-0.25, -0.2) is 14.5 Å². The van der Waals surface area contributed by atoms with E-state index in [0.29, 0.717) is 0 Å². The van der Waals surface area contributed by atoms with Crippen LogP contribution in [0.4, 0.5) is 0 Å². The highest BCUT2D eigenvalue weighted by Crippen LogP contribution is 2.33. The quantitative estimate of drug-likeness (QED) is 0.313. The van der Waals surface area contributed by atoms with E-state index >= 15 is 0 Å². The third-order valence-corrected chi connectivity index (χ3v) is 6.63. The molecule has 0 aliphatic heterocycles. The van der Waals surface area contributed by atoms with Crippen molar-refractivity contribution in [1.29, 1.82) is 0 Å². The second-order valence-corrected chi connectivity index (χ2v) is 10.3. The monoisotopic (exact) mass is 548 g/mol. The van der Waals surface area contributed by atoms with Crippen LogP contribution >= 0.6 is 0 Å². The zero-order valence-electron chi connectivity index (χ0n) is 21.3. The van der Waals surface area contributed by atoms with Crippen molar-refractivity contribution in [3.63, 3.8) is 0 Å². The van der Waals surface area contributed by atoms with Crippen molar-refractivity contribution in [2.75, 3.05) is 0 Å². The third-order valence-electron chi connectivity index (χ3n) is 6.63. The normalized spacial score (nSPS) is 11.5. The Morgan fingerprint density at radius 3 is 2.08 bits per heavy atom. The van der Waals surface area contributed by atoms with Gasteiger partial charge in [-0.15, -0.1) is 0 Å². The van der Waals surface area contributed by atoms with Gasteiger partial charge in [0.25, 0.3) is 0 Å². The van der Waals surface area contributed by atoms with Crippen LogP contribution in [0.3, 0.4) is 0 Å². The lowest BCUT2D eigenvalue weighted by Crippen LogP contribution is -3.00. The molecular formula is C32H29BrN4. The maximum Gasteiger partial charge on any atom is 0.173 e. The number of pyridine rings is 3. The Labute approximate surface area is 228 Å². The van der Waals surface area contributed by atoms with E-state index < -0.39 is 0 Å². The van der Waals surface area contributed by atoms with Crippen molar-refractivity contribution >= 4 is 16.7 Å². The second kappa shape index (κ2) is 9.91. The first-order valence-corrected chi connectivity index (χ1v) is 12.4. The van der Waals surface area contributed by atoms with Crippen LogP contribution in [0.1, 0.15) is 32.0 Å². The van der Waals surface area contributed by atoms with Gasteiger partial charge >= 0.3 is 0 Å². The molecule has 5 heteroatoms. The number of aromatic nitrogens is 4. The first-order valence-electron chi connectivity index (χ1n) is 12.4. The first kappa shape index (κ1) is 24.8. The molecule has 0 spiro atoms. The summed E-state index contributed by atoms with van der Waals surface area (Å²) in [4.78, 5) is 10.1. The van der Waals surface area contributed by atoms with Crippen LogP contribution in [0.15, 0.2) is 110 Å². The standard InChI is InChI=1S/C32H29N4.BrH/c1-32(2,3)28-20-27-31(30(33-28)25-12-8-5-9-13-25)34-29-15-14-26(22-36(27)29)24-16-18-35(19-17-24)21-23-10-6-4-7-11-23;/h4-20,22H,21H2,1-3H3;1H/q+1;/p-1. The van der Waals surface area contributed by atoms with Gasteiger partial charge in [0.05, 0.1) is 11.2 Å². The van der Waals surface area contributed by atoms with Gasteiger partial charge in [0.15, 0.2) is 18.9 Å². The summed E-state index contributed by atoms with van der Waals surface area (Å²) in [5, 5.41) is 0. The van der Waals surface area contributed by atoms with Gasteiger partial charge in [0, 0.05) is 40.6 Å². The molecule has 2 aromatic carbocycles. The number of benzene rings is 2. The molecule has 4 heterocycles. The Balaban J connectivity index is 0.00000280. The summed E-state index contributed by atoms with van der Waals surface area (Å²) < 4.78 is 4.41. The number of halogens is 1. The minimum Gasteiger partial charge on any atom is -1.00 e. The molecule has 0 fully saturated rings. The summed E-state index contributed by atoms with van der Waals surface area (Å²) >= 11 is 0. The Kier molecular flexibility index (Phi) is 6.65. The Hall–Kier alpha value is -3.83. The Morgan fingerprint density at radius 1 is 0.730 bits per heavy atom. The summed E-state index contributed by atoms with van der Waals surface area (Å²) in [6.45, 7) is 7.48. The van der Waals surface area contributed by atoms with Crippen LogP contribution in [0.2, 0.25) is 0 Å². The molecule has 0 unspecified atom stereocenters. The molecule has 0 bridgehead atoms. The predicted molar refractivity (Wildman–Crippen MR) is 146 cm³/mol. The van der Waals surface area contributed by atoms with Gasteiger partial charge in [-0.05, 0) is 29.3 Å². The molecule has 6 aromatic rings. The Bertz CT molecular complexity index is 1670. The van der Waals surface area contributed by atoms with Gasteiger partial charge in [-0.3, -0.25) is 4.40 Å². The van der Waals surface area contributed by atoms with Crippen molar-refractivity contribution in [2.45, 2.75) is 32.7 Å². The van der Waals surface area contributed by atoms with Crippen molar-refractivity contribution < 1.29 is 21.5 Å². The fraction of sp³-hybridized carbons (Fsp3) is 0.156. The molecule has 0 atom stereocenters. The van der Waals surface area contributed by atoms with E-state index in [2.05, 4.69) is 133 Å². The van der Waals surface area contributed by atoms with E-state index in [0.717, 1.165) is 45.7 Å². The van der Waals surface area contributed by atoms with Crippen molar-refractivity contribution in [3.05, 3.63) is 121 Å². The molecule has 0 aliphatic carbocycles. The number of imidazole rings is 1. The van der Waals surface area contributed by atoms with Crippen LogP contribution < -0.4 is 21.5 Å². The highest BCUT2D eigenvalue weighted by molar-refractivity contribution is 5.93. The largest absolute Gasteiger partial charge is 1.00 e. The Morgan fingerprint density at radius 2 is 1.41 bits per heavy atom. The molecule has 37 heavy (non-hydrogen) atoms. The van der Waals surface area contributed by atoms with Crippen molar-refractivity contribution in [1.82, 2.24) is 14.4 Å². The second-order valence-electron chi connectivity index (χ2n) is 10.3. The zero-order chi connectivity index (χ0) is 24.7. The van der Waals surface area contributed by atoms with E-state index in [1.165, 1.54) is 11.1 Å². The lowest BCUT2D eigenvalue weighted by Gasteiger charge is -2.19. The topological polar surface area (TPSA) is 34.1 Å². The van der Waals surface area contributed by atoms with Gasteiger partial charge in [0.2, 0.25) is 0 Å². The maximum absolute atomic E-state index is 5.08. The highest BCUT2D eigenvalue weighted by Gasteiger charge is 2.21. The van der Waals surface area contributed by atoms with E-state index in [1.807, 2.05) is 6.07 Å². The van der Waals surface area contributed by atoms with E-state index in [1.54, 1.807) is 0 Å². The summed E-state index contributed by atoms with van der Waals surface area (Å²) in [7, 11) is 0. The number of fused-ring (bicyclic) bond motifs is 3. The number of rotatable bonds is 4. The molecule has 0 saturated carbocycles. The van der Waals surface area contributed by atoms with Crippen LogP contribution in [0.25, 0.3) is 39.1 Å². The van der Waals surface area contributed by atoms with E-state index in [-0.39, 0.29) is 22.4 Å². The molecule has 0 N–H and O–H groups in total. The minimum atomic E-state index is -0.0781. The molecule has 0 saturated heterocycles. The van der Waals surface area contributed by atoms with Crippen LogP contribution in [0, 0.1) is 0 Å². The number of nitrogens with zero attached hydrogens (tertiary/aromatic N) is 4. The molecule has 184 valence electrons. The average molecular weight is 550 g/mol. The first-order chi connectivity index (χ1) is 17.5. The molecule has 4 aromatic heterocycles. The lowest BCUT2D eigenvalue weighted by atomic mass is 9.91. The van der Waals surface area contributed by atoms with Gasteiger partial charge < -0.3 is 17.0 Å². The summed E-state index contributed by atoms with van der Waals surface area (Å²) in [6, 6.07) is 31.7. The summed E-state index contributed by atoms with van der Waals surface area (Å²) in [6.07, 6.45) is 6.49. The lowest BCUT2D eigenvalue weighted by molar-refractivity contribution is -0.688. The van der Waals surface area contributed by atoms with E-state index in [4.69, 9.17) is 9.97 Å². The van der Waals surface area contributed by atoms with Crippen LogP contribution in [0.5, 0.6) is 0 Å². The van der Waals surface area contributed by atoms with Gasteiger partial charge in [-0.2, -0.15) is 0 Å². The van der Waals surface area contributed by atoms with E-state index in [9.17, 15) is 0 Å². The minimum absolute atomic E-state index is 0. The number of hydrogen-bond donors (Lipinski definition) is 0.